The molecule has 0 bridgehead atoms. The smallest absolute Gasteiger partial charge is 0.159 e. The van der Waals surface area contributed by atoms with Gasteiger partial charge in [0.1, 0.15) is 0 Å². The summed E-state index contributed by atoms with van der Waals surface area (Å²) < 4.78 is 25.4. The van der Waals surface area contributed by atoms with Crippen LogP contribution in [0.25, 0.3) is 0 Å². The Bertz CT molecular complexity index is 350. The standard InChI is InChI=1S/C10H11F2NO/c11-8-2-1-7(3-9(8)12)4-10(14)5-13-6-10/h1-3,13-14H,4-6H2. The van der Waals surface area contributed by atoms with E-state index in [4.69, 9.17) is 0 Å². The molecule has 2 nitrogen and oxygen atoms in total. The van der Waals surface area contributed by atoms with Crippen LogP contribution in [-0.2, 0) is 6.42 Å². The number of hydrogen-bond acceptors (Lipinski definition) is 2. The predicted octanol–water partition coefficient (Wildman–Crippen LogP) is 0.842. The summed E-state index contributed by atoms with van der Waals surface area (Å²) in [6, 6.07) is 3.71. The third-order valence-electron chi connectivity index (χ3n) is 2.43. The lowest BCUT2D eigenvalue weighted by Crippen LogP contribution is -2.60. The van der Waals surface area contributed by atoms with Crippen molar-refractivity contribution in [2.45, 2.75) is 12.0 Å². The summed E-state index contributed by atoms with van der Waals surface area (Å²) >= 11 is 0. The third kappa shape index (κ3) is 1.76. The van der Waals surface area contributed by atoms with E-state index in [2.05, 4.69) is 5.32 Å². The molecule has 14 heavy (non-hydrogen) atoms. The Morgan fingerprint density at radius 3 is 2.50 bits per heavy atom. The molecular formula is C10H11F2NO. The molecule has 0 radical (unpaired) electrons. The van der Waals surface area contributed by atoms with Gasteiger partial charge in [-0.3, -0.25) is 0 Å². The van der Waals surface area contributed by atoms with Gasteiger partial charge in [0.15, 0.2) is 11.6 Å². The number of halogens is 2. The Morgan fingerprint density at radius 2 is 2.00 bits per heavy atom. The summed E-state index contributed by atoms with van der Waals surface area (Å²) in [6.45, 7) is 1.01. The zero-order valence-corrected chi connectivity index (χ0v) is 7.56. The molecule has 0 atom stereocenters. The molecule has 1 heterocycles. The second kappa shape index (κ2) is 3.29. The van der Waals surface area contributed by atoms with E-state index in [1.54, 1.807) is 0 Å². The van der Waals surface area contributed by atoms with Crippen molar-refractivity contribution >= 4 is 0 Å². The van der Waals surface area contributed by atoms with Gasteiger partial charge in [-0.25, -0.2) is 8.78 Å². The van der Waals surface area contributed by atoms with Crippen molar-refractivity contribution in [1.29, 1.82) is 0 Å². The highest BCUT2D eigenvalue weighted by molar-refractivity contribution is 5.21. The van der Waals surface area contributed by atoms with Gasteiger partial charge in [-0.1, -0.05) is 6.07 Å². The van der Waals surface area contributed by atoms with Gasteiger partial charge in [-0.05, 0) is 17.7 Å². The molecule has 0 spiro atoms. The summed E-state index contributed by atoms with van der Waals surface area (Å²) in [6.07, 6.45) is 0.358. The highest BCUT2D eigenvalue weighted by atomic mass is 19.2. The second-order valence-electron chi connectivity index (χ2n) is 3.75. The first-order valence-corrected chi connectivity index (χ1v) is 4.46. The Kier molecular flexibility index (Phi) is 2.25. The molecule has 0 aliphatic carbocycles. The van der Waals surface area contributed by atoms with E-state index in [0.717, 1.165) is 12.1 Å². The fourth-order valence-corrected chi connectivity index (χ4v) is 1.57. The van der Waals surface area contributed by atoms with Crippen LogP contribution in [0.2, 0.25) is 0 Å². The van der Waals surface area contributed by atoms with Crippen molar-refractivity contribution in [2.75, 3.05) is 13.1 Å². The Balaban J connectivity index is 2.13. The fourth-order valence-electron chi connectivity index (χ4n) is 1.57. The summed E-state index contributed by atoms with van der Waals surface area (Å²) in [5, 5.41) is 12.7. The topological polar surface area (TPSA) is 32.3 Å². The summed E-state index contributed by atoms with van der Waals surface area (Å²) in [5.41, 5.74) is -0.169. The SMILES string of the molecule is OC1(Cc2ccc(F)c(F)c2)CNC1. The first kappa shape index (κ1) is 9.55. The van der Waals surface area contributed by atoms with Gasteiger partial charge in [-0.15, -0.1) is 0 Å². The third-order valence-corrected chi connectivity index (χ3v) is 2.43. The summed E-state index contributed by atoms with van der Waals surface area (Å²) in [5.74, 6) is -1.72. The van der Waals surface area contributed by atoms with Crippen LogP contribution in [0.4, 0.5) is 8.78 Å². The number of benzene rings is 1. The molecule has 1 fully saturated rings. The molecule has 1 saturated heterocycles. The summed E-state index contributed by atoms with van der Waals surface area (Å²) in [7, 11) is 0. The van der Waals surface area contributed by atoms with Crippen molar-refractivity contribution < 1.29 is 13.9 Å². The summed E-state index contributed by atoms with van der Waals surface area (Å²) in [4.78, 5) is 0. The number of β-amino-alcohol motifs (C(OH)–C–C–N with tert-alkyl or cyclic N) is 1. The molecule has 0 saturated carbocycles. The number of hydrogen-bond donors (Lipinski definition) is 2. The first-order valence-electron chi connectivity index (χ1n) is 4.46. The van der Waals surface area contributed by atoms with Crippen LogP contribution in [-0.4, -0.2) is 23.8 Å². The molecular weight excluding hydrogens is 188 g/mol. The molecule has 0 aromatic heterocycles. The largest absolute Gasteiger partial charge is 0.387 e. The van der Waals surface area contributed by atoms with Gasteiger partial charge >= 0.3 is 0 Å². The minimum Gasteiger partial charge on any atom is -0.387 e. The van der Waals surface area contributed by atoms with Gasteiger partial charge in [0, 0.05) is 19.5 Å². The predicted molar refractivity (Wildman–Crippen MR) is 47.9 cm³/mol. The number of aliphatic hydroxyl groups is 1. The molecule has 1 aliphatic rings. The van der Waals surface area contributed by atoms with Crippen LogP contribution in [0, 0.1) is 11.6 Å². The van der Waals surface area contributed by atoms with E-state index in [1.165, 1.54) is 6.07 Å². The van der Waals surface area contributed by atoms with E-state index >= 15 is 0 Å². The van der Waals surface area contributed by atoms with Gasteiger partial charge in [-0.2, -0.15) is 0 Å². The van der Waals surface area contributed by atoms with Crippen molar-refractivity contribution in [3.05, 3.63) is 35.4 Å². The van der Waals surface area contributed by atoms with Gasteiger partial charge in [0.05, 0.1) is 5.60 Å². The van der Waals surface area contributed by atoms with Crippen molar-refractivity contribution in [1.82, 2.24) is 5.32 Å². The van der Waals surface area contributed by atoms with E-state index in [9.17, 15) is 13.9 Å². The minimum absolute atomic E-state index is 0.358. The lowest BCUT2D eigenvalue weighted by atomic mass is 9.89. The molecule has 4 heteroatoms. The minimum atomic E-state index is -0.863. The quantitative estimate of drug-likeness (QED) is 0.739. The highest BCUT2D eigenvalue weighted by Gasteiger charge is 2.34. The van der Waals surface area contributed by atoms with Crippen LogP contribution < -0.4 is 5.32 Å². The Morgan fingerprint density at radius 1 is 1.29 bits per heavy atom. The molecule has 0 unspecified atom stereocenters. The van der Waals surface area contributed by atoms with E-state index < -0.39 is 17.2 Å². The molecule has 2 rings (SSSR count). The highest BCUT2D eigenvalue weighted by Crippen LogP contribution is 2.19. The zero-order valence-electron chi connectivity index (χ0n) is 7.56. The van der Waals surface area contributed by atoms with Crippen molar-refractivity contribution in [3.8, 4) is 0 Å². The molecule has 76 valence electrons. The average molecular weight is 199 g/mol. The lowest BCUT2D eigenvalue weighted by Gasteiger charge is -2.37. The number of rotatable bonds is 2. The maximum atomic E-state index is 12.8. The molecule has 1 aliphatic heterocycles. The van der Waals surface area contributed by atoms with Crippen LogP contribution in [0.15, 0.2) is 18.2 Å². The maximum Gasteiger partial charge on any atom is 0.159 e. The van der Waals surface area contributed by atoms with Gasteiger partial charge in [0.2, 0.25) is 0 Å². The van der Waals surface area contributed by atoms with Crippen LogP contribution >= 0.6 is 0 Å². The first-order chi connectivity index (χ1) is 6.59. The molecule has 1 aromatic rings. The molecule has 2 N–H and O–H groups in total. The van der Waals surface area contributed by atoms with Crippen LogP contribution in [0.5, 0.6) is 0 Å². The van der Waals surface area contributed by atoms with Crippen LogP contribution in [0.1, 0.15) is 5.56 Å². The maximum absolute atomic E-state index is 12.8. The Labute approximate surface area is 80.6 Å². The van der Waals surface area contributed by atoms with Crippen molar-refractivity contribution in [3.63, 3.8) is 0 Å². The molecule has 0 amide bonds. The molecule has 1 aromatic carbocycles. The van der Waals surface area contributed by atoms with E-state index in [0.29, 0.717) is 25.1 Å². The van der Waals surface area contributed by atoms with Gasteiger partial charge in [0.25, 0.3) is 0 Å². The monoisotopic (exact) mass is 199 g/mol. The van der Waals surface area contributed by atoms with E-state index in [-0.39, 0.29) is 0 Å². The average Bonchev–Trinajstić information content (AvgIpc) is 2.09. The lowest BCUT2D eigenvalue weighted by molar-refractivity contribution is -0.00908. The van der Waals surface area contributed by atoms with Crippen molar-refractivity contribution in [2.24, 2.45) is 0 Å². The second-order valence-corrected chi connectivity index (χ2v) is 3.75. The Hall–Kier alpha value is -1.00. The normalized spacial score (nSPS) is 19.1. The van der Waals surface area contributed by atoms with Crippen LogP contribution in [0.3, 0.4) is 0 Å². The zero-order chi connectivity index (χ0) is 10.2. The fraction of sp³-hybridized carbons (Fsp3) is 0.400. The van der Waals surface area contributed by atoms with E-state index in [1.807, 2.05) is 0 Å². The number of nitrogens with one attached hydrogen (secondary N) is 1. The van der Waals surface area contributed by atoms with Gasteiger partial charge < -0.3 is 10.4 Å².